The van der Waals surface area contributed by atoms with Crippen molar-refractivity contribution in [3.63, 3.8) is 0 Å². The van der Waals surface area contributed by atoms with Gasteiger partial charge < -0.3 is 0 Å². The molecule has 0 bridgehead atoms. The Morgan fingerprint density at radius 1 is 0.462 bits per heavy atom. The summed E-state index contributed by atoms with van der Waals surface area (Å²) in [6.07, 6.45) is 0. The molecule has 0 amide bonds. The number of hydrogen-bond acceptors (Lipinski definition) is 6. The minimum absolute atomic E-state index is 0.417. The molecule has 0 saturated carbocycles. The molecule has 0 aromatic carbocycles. The van der Waals surface area contributed by atoms with Crippen molar-refractivity contribution in [3.05, 3.63) is 0 Å². The SMILES string of the molecule is O=[CH][Cr]([CH]=O)([CH]=O)([CH]=O)([CH]=O)[CH]=O. The van der Waals surface area contributed by atoms with Crippen molar-refractivity contribution in [2.75, 3.05) is 0 Å². The summed E-state index contributed by atoms with van der Waals surface area (Å²) in [5.74, 6) is 0. The van der Waals surface area contributed by atoms with Gasteiger partial charge in [-0.05, 0) is 0 Å². The molecule has 0 aliphatic carbocycles. The third kappa shape index (κ3) is 0.947. The van der Waals surface area contributed by atoms with Gasteiger partial charge in [-0.2, -0.15) is 0 Å². The molecule has 0 radical (unpaired) electrons. The Hall–Kier alpha value is -1.45. The molecular weight excluding hydrogens is 220 g/mol. The van der Waals surface area contributed by atoms with E-state index in [1.165, 1.54) is 0 Å². The predicted octanol–water partition coefficient (Wildman–Crippen LogP) is -1.65. The van der Waals surface area contributed by atoms with Gasteiger partial charge in [0.05, 0.1) is 0 Å². The van der Waals surface area contributed by atoms with Crippen LogP contribution in [-0.2, 0) is 39.7 Å². The molecule has 0 aromatic heterocycles. The zero-order chi connectivity index (χ0) is 10.7. The molecule has 7 heteroatoms. The Balaban J connectivity index is 6.50. The molecule has 0 aliphatic heterocycles. The van der Waals surface area contributed by atoms with Gasteiger partial charge in [0.2, 0.25) is 0 Å². The van der Waals surface area contributed by atoms with Gasteiger partial charge in [0.25, 0.3) is 0 Å². The molecule has 72 valence electrons. The number of rotatable bonds is 6. The number of carbonyl (C=O) groups is 6. The van der Waals surface area contributed by atoms with E-state index >= 15 is 0 Å². The van der Waals surface area contributed by atoms with Crippen molar-refractivity contribution in [2.24, 2.45) is 0 Å². The molecule has 13 heavy (non-hydrogen) atoms. The molecule has 0 saturated heterocycles. The summed E-state index contributed by atoms with van der Waals surface area (Å²) in [7, 11) is -6.35. The number of carbonyl (C=O) groups excluding carboxylic acids is 6. The summed E-state index contributed by atoms with van der Waals surface area (Å²) < 4.78 is 0. The monoisotopic (exact) mass is 226 g/mol. The summed E-state index contributed by atoms with van der Waals surface area (Å²) in [6, 6.07) is 0. The second-order valence-electron chi connectivity index (χ2n) is 2.62. The first-order valence-corrected chi connectivity index (χ1v) is 7.25. The van der Waals surface area contributed by atoms with Crippen molar-refractivity contribution in [2.45, 2.75) is 0 Å². The van der Waals surface area contributed by atoms with Gasteiger partial charge in [-0.15, -0.1) is 0 Å². The Morgan fingerprint density at radius 2 is 0.615 bits per heavy atom. The standard InChI is InChI=1S/6CHO.Cr/c6*1-2;/h6*1H;. The molecule has 0 aliphatic rings. The molecule has 0 atom stereocenters. The van der Waals surface area contributed by atoms with Crippen molar-refractivity contribution < 1.29 is 39.7 Å². The normalized spacial score (nSPS) is 15.7. The van der Waals surface area contributed by atoms with Gasteiger partial charge in [0.15, 0.2) is 0 Å². The van der Waals surface area contributed by atoms with Gasteiger partial charge in [-0.25, -0.2) is 0 Å². The maximum absolute atomic E-state index is 10.5. The maximum atomic E-state index is 10.5. The Morgan fingerprint density at radius 3 is 0.615 bits per heavy atom. The Labute approximate surface area is 71.2 Å². The minimum atomic E-state index is -6.35. The molecule has 0 N–H and O–H groups in total. The van der Waals surface area contributed by atoms with E-state index < -0.39 is 41.8 Å². The second-order valence-corrected chi connectivity index (χ2v) is 10.8. The first-order valence-electron chi connectivity index (χ1n) is 2.83. The quantitative estimate of drug-likeness (QED) is 0.503. The van der Waals surface area contributed by atoms with Crippen LogP contribution in [0.2, 0.25) is 0 Å². The van der Waals surface area contributed by atoms with Gasteiger partial charge in [-0.3, -0.25) is 0 Å². The van der Waals surface area contributed by atoms with E-state index in [2.05, 4.69) is 0 Å². The third-order valence-electron chi connectivity index (χ3n) is 1.67. The fourth-order valence-corrected chi connectivity index (χ4v) is 1.40. The second kappa shape index (κ2) is 2.52. The molecule has 0 unspecified atom stereocenters. The van der Waals surface area contributed by atoms with E-state index in [4.69, 9.17) is 0 Å². The van der Waals surface area contributed by atoms with Gasteiger partial charge in [-0.1, -0.05) is 0 Å². The van der Waals surface area contributed by atoms with E-state index in [1.807, 2.05) is 0 Å². The molecule has 0 fully saturated rings. The van der Waals surface area contributed by atoms with Crippen molar-refractivity contribution in [1.29, 1.82) is 0 Å². The summed E-state index contributed by atoms with van der Waals surface area (Å²) in [4.78, 5) is 63.3. The molecular formula is C6H6CrO6. The van der Waals surface area contributed by atoms with E-state index in [0.29, 0.717) is 0 Å². The summed E-state index contributed by atoms with van der Waals surface area (Å²) in [5, 5.41) is -2.50. The third-order valence-corrected chi connectivity index (χ3v) is 6.87. The van der Waals surface area contributed by atoms with Crippen LogP contribution >= 0.6 is 0 Å². The van der Waals surface area contributed by atoms with Crippen LogP contribution in [0.25, 0.3) is 0 Å². The first-order chi connectivity index (χ1) is 5.97. The van der Waals surface area contributed by atoms with Crippen LogP contribution in [0, 0.1) is 0 Å². The van der Waals surface area contributed by atoms with Crippen LogP contribution in [0.1, 0.15) is 0 Å². The molecule has 0 aromatic rings. The van der Waals surface area contributed by atoms with E-state index in [-0.39, 0.29) is 0 Å². The topological polar surface area (TPSA) is 102 Å². The Kier molecular flexibility index (Phi) is 2.24. The van der Waals surface area contributed by atoms with Gasteiger partial charge in [0.1, 0.15) is 0 Å². The predicted molar refractivity (Wildman–Crippen MR) is 40.5 cm³/mol. The summed E-state index contributed by atoms with van der Waals surface area (Å²) >= 11 is 0. The van der Waals surface area contributed by atoms with Gasteiger partial charge >= 0.3 is 70.6 Å². The van der Waals surface area contributed by atoms with E-state index in [0.717, 1.165) is 0 Å². The zero-order valence-electron chi connectivity index (χ0n) is 6.32. The molecule has 0 heterocycles. The van der Waals surface area contributed by atoms with Gasteiger partial charge in [0, 0.05) is 0 Å². The van der Waals surface area contributed by atoms with Crippen molar-refractivity contribution >= 4 is 30.9 Å². The van der Waals surface area contributed by atoms with Crippen molar-refractivity contribution in [3.8, 4) is 0 Å². The average molecular weight is 226 g/mol. The first kappa shape index (κ1) is 11.6. The summed E-state index contributed by atoms with van der Waals surface area (Å²) in [5.41, 5.74) is 0. The Bertz CT molecular complexity index is 233. The fraction of sp³-hybridized carbons (Fsp3) is 0. The molecule has 0 rings (SSSR count). The zero-order valence-corrected chi connectivity index (χ0v) is 7.60. The van der Waals surface area contributed by atoms with Crippen LogP contribution in [0.5, 0.6) is 0 Å². The molecule has 0 spiro atoms. The summed E-state index contributed by atoms with van der Waals surface area (Å²) in [6.45, 7) is 0. The van der Waals surface area contributed by atoms with Crippen LogP contribution < -0.4 is 0 Å². The molecule has 6 nitrogen and oxygen atoms in total. The fourth-order valence-electron chi connectivity index (χ4n) is 0.340. The van der Waals surface area contributed by atoms with Crippen LogP contribution in [0.15, 0.2) is 0 Å². The van der Waals surface area contributed by atoms with E-state index in [1.54, 1.807) is 0 Å². The van der Waals surface area contributed by atoms with Crippen LogP contribution in [0.3, 0.4) is 0 Å². The average Bonchev–Trinajstić information content (AvgIpc) is 2.26. The van der Waals surface area contributed by atoms with E-state index in [9.17, 15) is 28.8 Å². The van der Waals surface area contributed by atoms with Crippen molar-refractivity contribution in [1.82, 2.24) is 0 Å². The van der Waals surface area contributed by atoms with Crippen LogP contribution in [0.4, 0.5) is 0 Å². The number of hydrogen-bond donors (Lipinski definition) is 0. The van der Waals surface area contributed by atoms with Crippen LogP contribution in [-0.4, -0.2) is 30.9 Å².